The van der Waals surface area contributed by atoms with E-state index in [1.54, 1.807) is 13.2 Å². The van der Waals surface area contributed by atoms with Gasteiger partial charge in [0.05, 0.1) is 25.0 Å². The quantitative estimate of drug-likeness (QED) is 0.560. The molecule has 2 aromatic carbocycles. The van der Waals surface area contributed by atoms with E-state index >= 15 is 0 Å². The van der Waals surface area contributed by atoms with Gasteiger partial charge in [0.2, 0.25) is 0 Å². The van der Waals surface area contributed by atoms with Crippen LogP contribution in [0.2, 0.25) is 0 Å². The normalized spacial score (nSPS) is 11.0. The van der Waals surface area contributed by atoms with Crippen LogP contribution in [0.1, 0.15) is 17.5 Å². The number of nitriles is 1. The summed E-state index contributed by atoms with van der Waals surface area (Å²) in [6.45, 7) is 2.46. The van der Waals surface area contributed by atoms with Gasteiger partial charge in [0.15, 0.2) is 11.5 Å². The average molecular weight is 362 g/mol. The highest BCUT2D eigenvalue weighted by Crippen LogP contribution is 2.34. The Labute approximate surface area is 157 Å². The van der Waals surface area contributed by atoms with Crippen LogP contribution in [0.4, 0.5) is 0 Å². The Kier molecular flexibility index (Phi) is 5.67. The van der Waals surface area contributed by atoms with Crippen LogP contribution >= 0.6 is 11.3 Å². The molecule has 0 atom stereocenters. The zero-order chi connectivity index (χ0) is 18.4. The maximum atomic E-state index is 9.63. The Morgan fingerprint density at radius 3 is 2.69 bits per heavy atom. The molecule has 0 aliphatic heterocycles. The summed E-state index contributed by atoms with van der Waals surface area (Å²) in [5.41, 5.74) is 3.17. The summed E-state index contributed by atoms with van der Waals surface area (Å²) >= 11 is 1.45. The maximum Gasteiger partial charge on any atom is 0.167 e. The predicted molar refractivity (Wildman–Crippen MR) is 105 cm³/mol. The highest BCUT2D eigenvalue weighted by molar-refractivity contribution is 7.11. The summed E-state index contributed by atoms with van der Waals surface area (Å²) in [5.74, 6) is 1.27. The first-order valence-corrected chi connectivity index (χ1v) is 9.07. The van der Waals surface area contributed by atoms with Crippen LogP contribution in [0.15, 0.2) is 53.9 Å². The van der Waals surface area contributed by atoms with Gasteiger partial charge < -0.3 is 9.47 Å². The number of aromatic nitrogens is 1. The molecular formula is C21H18N2O2S. The second-order valence-electron chi connectivity index (χ2n) is 5.39. The van der Waals surface area contributed by atoms with Gasteiger partial charge in [-0.3, -0.25) is 0 Å². The van der Waals surface area contributed by atoms with Crippen LogP contribution in [0.5, 0.6) is 11.5 Å². The van der Waals surface area contributed by atoms with Crippen molar-refractivity contribution in [3.8, 4) is 28.8 Å². The van der Waals surface area contributed by atoms with E-state index in [0.29, 0.717) is 28.7 Å². The third-order valence-electron chi connectivity index (χ3n) is 3.74. The second kappa shape index (κ2) is 8.32. The van der Waals surface area contributed by atoms with E-state index in [4.69, 9.17) is 9.47 Å². The molecule has 1 heterocycles. The molecule has 1 aromatic heterocycles. The topological polar surface area (TPSA) is 55.1 Å². The summed E-state index contributed by atoms with van der Waals surface area (Å²) in [4.78, 5) is 4.62. The van der Waals surface area contributed by atoms with Crippen molar-refractivity contribution in [1.29, 1.82) is 5.26 Å². The molecule has 0 aliphatic carbocycles. The summed E-state index contributed by atoms with van der Waals surface area (Å²) in [5, 5.41) is 12.3. The Morgan fingerprint density at radius 2 is 2.00 bits per heavy atom. The molecule has 0 radical (unpaired) electrons. The smallest absolute Gasteiger partial charge is 0.167 e. The third kappa shape index (κ3) is 3.76. The summed E-state index contributed by atoms with van der Waals surface area (Å²) in [7, 11) is 1.60. The molecule has 3 aromatic rings. The minimum absolute atomic E-state index is 0.490. The highest BCUT2D eigenvalue weighted by Gasteiger charge is 2.13. The van der Waals surface area contributed by atoms with Gasteiger partial charge in [-0.2, -0.15) is 5.26 Å². The zero-order valence-corrected chi connectivity index (χ0v) is 15.4. The van der Waals surface area contributed by atoms with E-state index in [2.05, 4.69) is 11.1 Å². The molecule has 26 heavy (non-hydrogen) atoms. The van der Waals surface area contributed by atoms with Crippen LogP contribution < -0.4 is 9.47 Å². The van der Waals surface area contributed by atoms with Crippen LogP contribution in [0, 0.1) is 11.3 Å². The standard InChI is InChI=1S/C21H18N2O2S/c1-3-25-19-11-7-10-16(20(19)24-2)12-17(13-22)21-23-18(14-26-21)15-8-5-4-6-9-15/h4-12,14H,3H2,1-2H3/b17-12+. The first-order chi connectivity index (χ1) is 12.8. The molecule has 4 nitrogen and oxygen atoms in total. The molecule has 0 saturated carbocycles. The number of hydrogen-bond donors (Lipinski definition) is 0. The first-order valence-electron chi connectivity index (χ1n) is 8.19. The van der Waals surface area contributed by atoms with Gasteiger partial charge in [0.25, 0.3) is 0 Å². The van der Waals surface area contributed by atoms with E-state index in [1.165, 1.54) is 11.3 Å². The summed E-state index contributed by atoms with van der Waals surface area (Å²) in [6, 6.07) is 17.8. The monoisotopic (exact) mass is 362 g/mol. The van der Waals surface area contributed by atoms with Crippen molar-refractivity contribution in [3.05, 3.63) is 64.5 Å². The van der Waals surface area contributed by atoms with Crippen molar-refractivity contribution < 1.29 is 9.47 Å². The molecule has 0 N–H and O–H groups in total. The number of methoxy groups -OCH3 is 1. The first kappa shape index (κ1) is 17.7. The molecule has 0 amide bonds. The van der Waals surface area contributed by atoms with Crippen molar-refractivity contribution in [2.75, 3.05) is 13.7 Å². The van der Waals surface area contributed by atoms with Gasteiger partial charge >= 0.3 is 0 Å². The fourth-order valence-electron chi connectivity index (χ4n) is 2.57. The van der Waals surface area contributed by atoms with E-state index in [9.17, 15) is 5.26 Å². The second-order valence-corrected chi connectivity index (χ2v) is 6.24. The molecule has 130 valence electrons. The number of rotatable bonds is 6. The molecule has 0 bridgehead atoms. The number of nitrogens with zero attached hydrogens (tertiary/aromatic N) is 2. The van der Waals surface area contributed by atoms with Gasteiger partial charge in [0, 0.05) is 16.5 Å². The highest BCUT2D eigenvalue weighted by atomic mass is 32.1. The molecule has 3 rings (SSSR count). The molecule has 0 saturated heterocycles. The fraction of sp³-hybridized carbons (Fsp3) is 0.143. The molecular weight excluding hydrogens is 344 g/mol. The maximum absolute atomic E-state index is 9.63. The molecule has 5 heteroatoms. The number of benzene rings is 2. The van der Waals surface area contributed by atoms with Crippen molar-refractivity contribution in [2.24, 2.45) is 0 Å². The van der Waals surface area contributed by atoms with Crippen molar-refractivity contribution >= 4 is 23.0 Å². The average Bonchev–Trinajstić information content (AvgIpc) is 3.17. The minimum Gasteiger partial charge on any atom is -0.492 e. The van der Waals surface area contributed by atoms with Gasteiger partial charge in [-0.15, -0.1) is 11.3 Å². The van der Waals surface area contributed by atoms with Gasteiger partial charge in [-0.25, -0.2) is 4.98 Å². The molecule has 0 spiro atoms. The summed E-state index contributed by atoms with van der Waals surface area (Å²) < 4.78 is 11.1. The number of thiazole rings is 1. The lowest BCUT2D eigenvalue weighted by Crippen LogP contribution is -1.97. The van der Waals surface area contributed by atoms with Crippen LogP contribution in [0.25, 0.3) is 22.9 Å². The predicted octanol–water partition coefficient (Wildman–Crippen LogP) is 5.28. The van der Waals surface area contributed by atoms with E-state index in [-0.39, 0.29) is 0 Å². The van der Waals surface area contributed by atoms with Crippen LogP contribution in [-0.2, 0) is 0 Å². The summed E-state index contributed by atoms with van der Waals surface area (Å²) in [6.07, 6.45) is 1.79. The molecule has 0 aliphatic rings. The molecule has 0 unspecified atom stereocenters. The number of para-hydroxylation sites is 1. The van der Waals surface area contributed by atoms with Gasteiger partial charge in [-0.05, 0) is 19.1 Å². The van der Waals surface area contributed by atoms with E-state index in [0.717, 1.165) is 16.8 Å². The van der Waals surface area contributed by atoms with Crippen molar-refractivity contribution in [3.63, 3.8) is 0 Å². The Hall–Kier alpha value is -3.10. The SMILES string of the molecule is CCOc1cccc(/C=C(\C#N)c2nc(-c3ccccc3)cs2)c1OC. The van der Waals surface area contributed by atoms with Gasteiger partial charge in [0.1, 0.15) is 11.1 Å². The van der Waals surface area contributed by atoms with E-state index < -0.39 is 0 Å². The Morgan fingerprint density at radius 1 is 1.19 bits per heavy atom. The lowest BCUT2D eigenvalue weighted by molar-refractivity contribution is 0.310. The largest absolute Gasteiger partial charge is 0.492 e. The van der Waals surface area contributed by atoms with Crippen molar-refractivity contribution in [2.45, 2.75) is 6.92 Å². The fourth-order valence-corrected chi connectivity index (χ4v) is 3.36. The third-order valence-corrected chi connectivity index (χ3v) is 4.61. The minimum atomic E-state index is 0.490. The number of allylic oxidation sites excluding steroid dienone is 1. The van der Waals surface area contributed by atoms with Crippen LogP contribution in [-0.4, -0.2) is 18.7 Å². The Balaban J connectivity index is 1.99. The number of ether oxygens (including phenoxy) is 2. The van der Waals surface area contributed by atoms with Gasteiger partial charge in [-0.1, -0.05) is 42.5 Å². The lowest BCUT2D eigenvalue weighted by Gasteiger charge is -2.11. The Bertz CT molecular complexity index is 956. The van der Waals surface area contributed by atoms with E-state index in [1.807, 2.05) is 60.8 Å². The zero-order valence-electron chi connectivity index (χ0n) is 14.6. The van der Waals surface area contributed by atoms with Crippen LogP contribution in [0.3, 0.4) is 0 Å². The lowest BCUT2D eigenvalue weighted by atomic mass is 10.1. The number of hydrogen-bond acceptors (Lipinski definition) is 5. The van der Waals surface area contributed by atoms with Crippen molar-refractivity contribution in [1.82, 2.24) is 4.98 Å². The molecule has 0 fully saturated rings.